The molecule has 0 aliphatic rings. The Bertz CT molecular complexity index is 439. The molecular formula is C11H13BrN2O4. The molecular weight excluding hydrogens is 304 g/mol. The number of carbonyl (C=O) groups is 2. The van der Waals surface area contributed by atoms with Crippen LogP contribution in [0.5, 0.6) is 0 Å². The standard InChI is InChI=1S/C11H13BrN2O4/c1-14(11(17)13-18-7-10(15)16)6-8-4-2-3-5-9(8)12/h2-5H,6-7H2,1H3,(H,13,17)(H,15,16). The van der Waals surface area contributed by atoms with Crippen molar-refractivity contribution in [3.05, 3.63) is 34.3 Å². The maximum atomic E-state index is 11.5. The van der Waals surface area contributed by atoms with Crippen LogP contribution >= 0.6 is 15.9 Å². The van der Waals surface area contributed by atoms with Gasteiger partial charge in [0.05, 0.1) is 0 Å². The third-order valence-corrected chi connectivity index (χ3v) is 2.84. The average Bonchev–Trinajstić information content (AvgIpc) is 2.31. The van der Waals surface area contributed by atoms with Crippen LogP contribution in [0.1, 0.15) is 5.56 Å². The van der Waals surface area contributed by atoms with E-state index in [0.29, 0.717) is 6.54 Å². The highest BCUT2D eigenvalue weighted by atomic mass is 79.9. The van der Waals surface area contributed by atoms with Crippen LogP contribution in [-0.2, 0) is 16.2 Å². The largest absolute Gasteiger partial charge is 0.479 e. The Kier molecular flexibility index (Phi) is 5.60. The zero-order chi connectivity index (χ0) is 13.5. The quantitative estimate of drug-likeness (QED) is 0.809. The predicted octanol–water partition coefficient (Wildman–Crippen LogP) is 1.61. The summed E-state index contributed by atoms with van der Waals surface area (Å²) in [6.45, 7) is -0.196. The molecule has 0 heterocycles. The molecule has 0 radical (unpaired) electrons. The van der Waals surface area contributed by atoms with E-state index < -0.39 is 18.6 Å². The number of hydrogen-bond acceptors (Lipinski definition) is 3. The first-order valence-electron chi connectivity index (χ1n) is 5.09. The monoisotopic (exact) mass is 316 g/mol. The molecule has 1 aromatic carbocycles. The molecule has 0 spiro atoms. The molecule has 0 atom stereocenters. The molecule has 2 amide bonds. The topological polar surface area (TPSA) is 78.9 Å². The van der Waals surface area contributed by atoms with E-state index >= 15 is 0 Å². The number of carboxylic acids is 1. The number of benzene rings is 1. The lowest BCUT2D eigenvalue weighted by atomic mass is 10.2. The summed E-state index contributed by atoms with van der Waals surface area (Å²) in [7, 11) is 1.58. The normalized spacial score (nSPS) is 9.89. The van der Waals surface area contributed by atoms with Gasteiger partial charge in [-0.2, -0.15) is 0 Å². The number of rotatable bonds is 5. The van der Waals surface area contributed by atoms with Gasteiger partial charge in [0.25, 0.3) is 0 Å². The smallest absolute Gasteiger partial charge is 0.341 e. The summed E-state index contributed by atoms with van der Waals surface area (Å²) in [6.07, 6.45) is 0. The first-order valence-corrected chi connectivity index (χ1v) is 5.88. The Morgan fingerprint density at radius 1 is 1.44 bits per heavy atom. The molecule has 6 nitrogen and oxygen atoms in total. The minimum absolute atomic E-state index is 0.379. The van der Waals surface area contributed by atoms with Crippen molar-refractivity contribution in [2.75, 3.05) is 13.7 Å². The number of urea groups is 1. The van der Waals surface area contributed by atoms with Crippen molar-refractivity contribution in [2.45, 2.75) is 6.54 Å². The van der Waals surface area contributed by atoms with Crippen molar-refractivity contribution in [1.82, 2.24) is 10.4 Å². The second kappa shape index (κ2) is 6.97. The summed E-state index contributed by atoms with van der Waals surface area (Å²) in [6, 6.07) is 7.00. The molecule has 0 saturated carbocycles. The Labute approximate surface area is 113 Å². The van der Waals surface area contributed by atoms with Crippen LogP contribution in [0.15, 0.2) is 28.7 Å². The van der Waals surface area contributed by atoms with Crippen LogP contribution in [0.4, 0.5) is 4.79 Å². The third kappa shape index (κ3) is 4.72. The average molecular weight is 317 g/mol. The molecule has 7 heteroatoms. The number of carboxylic acid groups (broad SMARTS) is 1. The van der Waals surface area contributed by atoms with Crippen molar-refractivity contribution >= 4 is 27.9 Å². The van der Waals surface area contributed by atoms with Crippen LogP contribution in [0.3, 0.4) is 0 Å². The van der Waals surface area contributed by atoms with E-state index in [-0.39, 0.29) is 0 Å². The molecule has 0 aliphatic carbocycles. The van der Waals surface area contributed by atoms with E-state index in [1.54, 1.807) is 7.05 Å². The van der Waals surface area contributed by atoms with Gasteiger partial charge in [-0.1, -0.05) is 34.1 Å². The fourth-order valence-electron chi connectivity index (χ4n) is 1.19. The highest BCUT2D eigenvalue weighted by Crippen LogP contribution is 2.17. The summed E-state index contributed by atoms with van der Waals surface area (Å²) in [5, 5.41) is 8.34. The number of aliphatic carboxylic acids is 1. The van der Waals surface area contributed by atoms with Crippen molar-refractivity contribution < 1.29 is 19.5 Å². The second-order valence-corrected chi connectivity index (χ2v) is 4.39. The fraction of sp³-hybridized carbons (Fsp3) is 0.273. The maximum absolute atomic E-state index is 11.5. The number of halogens is 1. The van der Waals surface area contributed by atoms with Gasteiger partial charge in [0.2, 0.25) is 0 Å². The van der Waals surface area contributed by atoms with Crippen LogP contribution in [0.2, 0.25) is 0 Å². The van der Waals surface area contributed by atoms with E-state index in [0.717, 1.165) is 10.0 Å². The van der Waals surface area contributed by atoms with E-state index in [9.17, 15) is 9.59 Å². The second-order valence-electron chi connectivity index (χ2n) is 3.54. The number of hydrogen-bond donors (Lipinski definition) is 2. The lowest BCUT2D eigenvalue weighted by Crippen LogP contribution is -2.37. The summed E-state index contributed by atoms with van der Waals surface area (Å²) < 4.78 is 0.899. The third-order valence-electron chi connectivity index (χ3n) is 2.07. The van der Waals surface area contributed by atoms with Gasteiger partial charge in [-0.15, -0.1) is 0 Å². The Morgan fingerprint density at radius 2 is 2.11 bits per heavy atom. The van der Waals surface area contributed by atoms with Crippen LogP contribution in [-0.4, -0.2) is 35.7 Å². The molecule has 2 N–H and O–H groups in total. The zero-order valence-electron chi connectivity index (χ0n) is 9.72. The summed E-state index contributed by atoms with van der Waals surface area (Å²) >= 11 is 3.38. The fourth-order valence-corrected chi connectivity index (χ4v) is 1.60. The minimum atomic E-state index is -1.15. The van der Waals surface area contributed by atoms with Gasteiger partial charge < -0.3 is 10.0 Å². The van der Waals surface area contributed by atoms with E-state index in [4.69, 9.17) is 5.11 Å². The van der Waals surface area contributed by atoms with Gasteiger partial charge in [0.1, 0.15) is 0 Å². The predicted molar refractivity (Wildman–Crippen MR) is 67.7 cm³/mol. The highest BCUT2D eigenvalue weighted by molar-refractivity contribution is 9.10. The molecule has 0 saturated heterocycles. The molecule has 0 fully saturated rings. The van der Waals surface area contributed by atoms with Gasteiger partial charge in [0, 0.05) is 18.1 Å². The molecule has 1 aromatic rings. The summed E-state index contributed by atoms with van der Waals surface area (Å²) in [5.74, 6) is -1.15. The number of carbonyl (C=O) groups excluding carboxylic acids is 1. The summed E-state index contributed by atoms with van der Waals surface area (Å²) in [5.41, 5.74) is 2.98. The number of nitrogens with zero attached hydrogens (tertiary/aromatic N) is 1. The highest BCUT2D eigenvalue weighted by Gasteiger charge is 2.11. The van der Waals surface area contributed by atoms with Crippen molar-refractivity contribution in [2.24, 2.45) is 0 Å². The number of hydroxylamine groups is 1. The number of nitrogens with one attached hydrogen (secondary N) is 1. The van der Waals surface area contributed by atoms with Crippen LogP contribution in [0.25, 0.3) is 0 Å². The van der Waals surface area contributed by atoms with Crippen LogP contribution < -0.4 is 5.48 Å². The SMILES string of the molecule is CN(Cc1ccccc1Br)C(=O)NOCC(=O)O. The molecule has 0 aliphatic heterocycles. The van der Waals surface area contributed by atoms with E-state index in [2.05, 4.69) is 20.8 Å². The van der Waals surface area contributed by atoms with Crippen molar-refractivity contribution in [1.29, 1.82) is 0 Å². The van der Waals surface area contributed by atoms with Gasteiger partial charge in [-0.05, 0) is 11.6 Å². The van der Waals surface area contributed by atoms with Gasteiger partial charge in [-0.25, -0.2) is 15.1 Å². The molecule has 0 unspecified atom stereocenters. The molecule has 0 bridgehead atoms. The maximum Gasteiger partial charge on any atom is 0.341 e. The minimum Gasteiger partial charge on any atom is -0.479 e. The molecule has 98 valence electrons. The van der Waals surface area contributed by atoms with Gasteiger partial charge in [-0.3, -0.25) is 4.84 Å². The molecule has 0 aromatic heterocycles. The van der Waals surface area contributed by atoms with E-state index in [1.807, 2.05) is 29.7 Å². The molecule has 18 heavy (non-hydrogen) atoms. The van der Waals surface area contributed by atoms with Gasteiger partial charge >= 0.3 is 12.0 Å². The number of amides is 2. The Hall–Kier alpha value is -1.60. The lowest BCUT2D eigenvalue weighted by molar-refractivity contribution is -0.144. The van der Waals surface area contributed by atoms with Crippen molar-refractivity contribution in [3.63, 3.8) is 0 Å². The van der Waals surface area contributed by atoms with Gasteiger partial charge in [0.15, 0.2) is 6.61 Å². The van der Waals surface area contributed by atoms with Crippen LogP contribution in [0, 0.1) is 0 Å². The first-order chi connectivity index (χ1) is 8.50. The Morgan fingerprint density at radius 3 is 2.72 bits per heavy atom. The first kappa shape index (κ1) is 14.5. The summed E-state index contributed by atoms with van der Waals surface area (Å²) in [4.78, 5) is 27.6. The van der Waals surface area contributed by atoms with E-state index in [1.165, 1.54) is 4.90 Å². The Balaban J connectivity index is 2.45. The molecule has 1 rings (SSSR count). The lowest BCUT2D eigenvalue weighted by Gasteiger charge is -2.18. The zero-order valence-corrected chi connectivity index (χ0v) is 11.3. The van der Waals surface area contributed by atoms with Crippen molar-refractivity contribution in [3.8, 4) is 0 Å².